The zero-order valence-corrected chi connectivity index (χ0v) is 10.9. The van der Waals surface area contributed by atoms with Crippen LogP contribution >= 0.6 is 0 Å². The molecule has 0 unspecified atom stereocenters. The number of hydrogen-bond acceptors (Lipinski definition) is 2. The zero-order valence-electron chi connectivity index (χ0n) is 10.9. The number of carbonyl (C=O) groups is 1. The van der Waals surface area contributed by atoms with Gasteiger partial charge in [0.25, 0.3) is 0 Å². The van der Waals surface area contributed by atoms with Gasteiger partial charge in [0.15, 0.2) is 5.78 Å². The lowest BCUT2D eigenvalue weighted by Crippen LogP contribution is -2.00. The summed E-state index contributed by atoms with van der Waals surface area (Å²) in [7, 11) is 0. The molecule has 0 saturated carbocycles. The Morgan fingerprint density at radius 2 is 2.11 bits per heavy atom. The van der Waals surface area contributed by atoms with Gasteiger partial charge < -0.3 is 0 Å². The second kappa shape index (κ2) is 5.61. The fraction of sp³-hybridized carbons (Fsp3) is 0.200. The fourth-order valence-corrected chi connectivity index (χ4v) is 1.62. The SMILES string of the molecule is CC(C)n1cc(C(=O)C=Cc2ccccc2F)cn1. The van der Waals surface area contributed by atoms with E-state index in [1.807, 2.05) is 13.8 Å². The predicted molar refractivity (Wildman–Crippen MR) is 72.4 cm³/mol. The number of aromatic nitrogens is 2. The quantitative estimate of drug-likeness (QED) is 0.621. The molecule has 0 aliphatic carbocycles. The summed E-state index contributed by atoms with van der Waals surface area (Å²) in [5.41, 5.74) is 0.897. The Morgan fingerprint density at radius 3 is 2.74 bits per heavy atom. The number of halogens is 1. The van der Waals surface area contributed by atoms with E-state index in [0.717, 1.165) is 0 Å². The Bertz CT molecular complexity index is 614. The maximum Gasteiger partial charge on any atom is 0.189 e. The number of ketones is 1. The van der Waals surface area contributed by atoms with E-state index < -0.39 is 0 Å². The molecule has 19 heavy (non-hydrogen) atoms. The van der Waals surface area contributed by atoms with Gasteiger partial charge in [0.2, 0.25) is 0 Å². The maximum atomic E-state index is 13.4. The van der Waals surface area contributed by atoms with Crippen molar-refractivity contribution in [3.8, 4) is 0 Å². The lowest BCUT2D eigenvalue weighted by molar-refractivity contribution is 0.104. The molecule has 0 fully saturated rings. The van der Waals surface area contributed by atoms with Crippen molar-refractivity contribution in [2.75, 3.05) is 0 Å². The molecule has 1 heterocycles. The van der Waals surface area contributed by atoms with Crippen molar-refractivity contribution in [2.45, 2.75) is 19.9 Å². The largest absolute Gasteiger partial charge is 0.289 e. The summed E-state index contributed by atoms with van der Waals surface area (Å²) in [6.45, 7) is 3.97. The van der Waals surface area contributed by atoms with E-state index in [4.69, 9.17) is 0 Å². The second-order valence-corrected chi connectivity index (χ2v) is 4.52. The molecule has 1 aromatic carbocycles. The molecular weight excluding hydrogens is 243 g/mol. The summed E-state index contributed by atoms with van der Waals surface area (Å²) < 4.78 is 15.1. The van der Waals surface area contributed by atoms with Crippen molar-refractivity contribution >= 4 is 11.9 Å². The molecule has 0 aliphatic heterocycles. The monoisotopic (exact) mass is 258 g/mol. The zero-order chi connectivity index (χ0) is 13.8. The van der Waals surface area contributed by atoms with Gasteiger partial charge in [-0.05, 0) is 32.1 Å². The first-order chi connectivity index (χ1) is 9.08. The lowest BCUT2D eigenvalue weighted by atomic mass is 10.1. The molecule has 2 rings (SSSR count). The summed E-state index contributed by atoms with van der Waals surface area (Å²) in [6, 6.07) is 6.53. The minimum atomic E-state index is -0.343. The highest BCUT2D eigenvalue weighted by Crippen LogP contribution is 2.10. The number of nitrogens with zero attached hydrogens (tertiary/aromatic N) is 2. The summed E-state index contributed by atoms with van der Waals surface area (Å²) in [4.78, 5) is 11.9. The Hall–Kier alpha value is -2.23. The summed E-state index contributed by atoms with van der Waals surface area (Å²) in [6.07, 6.45) is 6.05. The normalized spacial score (nSPS) is 11.4. The van der Waals surface area contributed by atoms with Gasteiger partial charge in [0, 0.05) is 17.8 Å². The standard InChI is InChI=1S/C15H15FN2O/c1-11(2)18-10-13(9-17-18)15(19)8-7-12-5-3-4-6-14(12)16/h3-11H,1-2H3. The van der Waals surface area contributed by atoms with Crippen molar-refractivity contribution in [3.63, 3.8) is 0 Å². The smallest absolute Gasteiger partial charge is 0.189 e. The average molecular weight is 258 g/mol. The van der Waals surface area contributed by atoms with E-state index in [9.17, 15) is 9.18 Å². The minimum absolute atomic E-state index is 0.185. The Kier molecular flexibility index (Phi) is 3.90. The van der Waals surface area contributed by atoms with Crippen LogP contribution in [0, 0.1) is 5.82 Å². The molecule has 0 aliphatic rings. The number of hydrogen-bond donors (Lipinski definition) is 0. The molecule has 0 amide bonds. The molecule has 0 atom stereocenters. The van der Waals surface area contributed by atoms with Gasteiger partial charge in [0.05, 0.1) is 11.8 Å². The summed E-state index contributed by atoms with van der Waals surface area (Å²) >= 11 is 0. The number of benzene rings is 1. The third-order valence-electron chi connectivity index (χ3n) is 2.73. The average Bonchev–Trinajstić information content (AvgIpc) is 2.87. The summed E-state index contributed by atoms with van der Waals surface area (Å²) in [5, 5.41) is 4.10. The molecule has 0 saturated heterocycles. The molecule has 0 radical (unpaired) electrons. The van der Waals surface area contributed by atoms with Crippen molar-refractivity contribution in [1.29, 1.82) is 0 Å². The van der Waals surface area contributed by atoms with E-state index in [1.165, 1.54) is 24.4 Å². The van der Waals surface area contributed by atoms with Gasteiger partial charge in [-0.3, -0.25) is 9.48 Å². The first kappa shape index (κ1) is 13.2. The topological polar surface area (TPSA) is 34.9 Å². The van der Waals surface area contributed by atoms with E-state index in [2.05, 4.69) is 5.10 Å². The van der Waals surface area contributed by atoms with E-state index >= 15 is 0 Å². The molecule has 98 valence electrons. The van der Waals surface area contributed by atoms with E-state index in [-0.39, 0.29) is 17.6 Å². The summed E-state index contributed by atoms with van der Waals surface area (Å²) in [5.74, 6) is -0.528. The molecule has 4 heteroatoms. The fourth-order valence-electron chi connectivity index (χ4n) is 1.62. The first-order valence-corrected chi connectivity index (χ1v) is 6.09. The molecule has 0 spiro atoms. The van der Waals surface area contributed by atoms with Gasteiger partial charge in [-0.2, -0.15) is 5.10 Å². The second-order valence-electron chi connectivity index (χ2n) is 4.52. The van der Waals surface area contributed by atoms with Crippen LogP contribution in [-0.4, -0.2) is 15.6 Å². The molecule has 3 nitrogen and oxygen atoms in total. The Labute approximate surface area is 111 Å². The maximum absolute atomic E-state index is 13.4. The Balaban J connectivity index is 2.14. The number of allylic oxidation sites excluding steroid dienone is 1. The number of rotatable bonds is 4. The highest BCUT2D eigenvalue weighted by molar-refractivity contribution is 6.06. The van der Waals surface area contributed by atoms with Crippen LogP contribution < -0.4 is 0 Å². The van der Waals surface area contributed by atoms with Crippen LogP contribution in [0.2, 0.25) is 0 Å². The van der Waals surface area contributed by atoms with Crippen LogP contribution in [0.5, 0.6) is 0 Å². The molecular formula is C15H15FN2O. The van der Waals surface area contributed by atoms with Crippen LogP contribution in [0.25, 0.3) is 6.08 Å². The highest BCUT2D eigenvalue weighted by Gasteiger charge is 2.07. The van der Waals surface area contributed by atoms with Crippen LogP contribution in [-0.2, 0) is 0 Å². The van der Waals surface area contributed by atoms with Gasteiger partial charge in [-0.15, -0.1) is 0 Å². The predicted octanol–water partition coefficient (Wildman–Crippen LogP) is 3.50. The Morgan fingerprint density at radius 1 is 1.37 bits per heavy atom. The van der Waals surface area contributed by atoms with Gasteiger partial charge in [0.1, 0.15) is 5.82 Å². The third-order valence-corrected chi connectivity index (χ3v) is 2.73. The minimum Gasteiger partial charge on any atom is -0.289 e. The highest BCUT2D eigenvalue weighted by atomic mass is 19.1. The molecule has 2 aromatic rings. The van der Waals surface area contributed by atoms with Gasteiger partial charge in [-0.25, -0.2) is 4.39 Å². The molecule has 0 bridgehead atoms. The van der Waals surface area contributed by atoms with Crippen molar-refractivity contribution in [1.82, 2.24) is 9.78 Å². The van der Waals surface area contributed by atoms with Crippen molar-refractivity contribution in [3.05, 3.63) is 59.7 Å². The third kappa shape index (κ3) is 3.16. The van der Waals surface area contributed by atoms with Gasteiger partial charge >= 0.3 is 0 Å². The van der Waals surface area contributed by atoms with Crippen LogP contribution in [0.4, 0.5) is 4.39 Å². The van der Waals surface area contributed by atoms with Crippen molar-refractivity contribution < 1.29 is 9.18 Å². The van der Waals surface area contributed by atoms with E-state index in [0.29, 0.717) is 11.1 Å². The molecule has 0 N–H and O–H groups in total. The van der Waals surface area contributed by atoms with Crippen molar-refractivity contribution in [2.24, 2.45) is 0 Å². The van der Waals surface area contributed by atoms with Crippen LogP contribution in [0.15, 0.2) is 42.7 Å². The lowest BCUT2D eigenvalue weighted by Gasteiger charge is -2.02. The number of carbonyl (C=O) groups excluding carboxylic acids is 1. The molecule has 1 aromatic heterocycles. The van der Waals surface area contributed by atoms with Crippen LogP contribution in [0.3, 0.4) is 0 Å². The first-order valence-electron chi connectivity index (χ1n) is 6.09. The van der Waals surface area contributed by atoms with E-state index in [1.54, 1.807) is 29.1 Å². The van der Waals surface area contributed by atoms with Crippen LogP contribution in [0.1, 0.15) is 35.8 Å². The van der Waals surface area contributed by atoms with Gasteiger partial charge in [-0.1, -0.05) is 18.2 Å².